The number of nitrogens with zero attached hydrogens (tertiary/aromatic N) is 1. The van der Waals surface area contributed by atoms with Crippen LogP contribution in [0.4, 0.5) is 0 Å². The first-order chi connectivity index (χ1) is 10.9. The topological polar surface area (TPSA) is 12.5 Å². The molecule has 5 rings (SSSR count). The Morgan fingerprint density at radius 1 is 0.909 bits per heavy atom. The summed E-state index contributed by atoms with van der Waals surface area (Å²) in [6.07, 6.45) is 3.91. The summed E-state index contributed by atoms with van der Waals surface area (Å²) in [5, 5.41) is 0. The number of likely N-dealkylation sites (tertiary alicyclic amines) is 1. The summed E-state index contributed by atoms with van der Waals surface area (Å²) in [7, 11) is 0. The highest BCUT2D eigenvalue weighted by Crippen LogP contribution is 2.51. The van der Waals surface area contributed by atoms with Crippen LogP contribution < -0.4 is 4.74 Å². The van der Waals surface area contributed by atoms with Gasteiger partial charge in [0.1, 0.15) is 12.4 Å². The molecule has 1 saturated heterocycles. The molecule has 22 heavy (non-hydrogen) atoms. The van der Waals surface area contributed by atoms with Crippen LogP contribution in [-0.2, 0) is 5.41 Å². The Bertz CT molecular complexity index is 694. The number of para-hydroxylation sites is 1. The normalized spacial score (nSPS) is 30.5. The molecule has 0 spiro atoms. The zero-order valence-electron chi connectivity index (χ0n) is 12.7. The molecule has 2 heterocycles. The highest BCUT2D eigenvalue weighted by molar-refractivity contribution is 5.50. The average molecular weight is 291 g/mol. The van der Waals surface area contributed by atoms with Gasteiger partial charge in [0.25, 0.3) is 0 Å². The van der Waals surface area contributed by atoms with Crippen LogP contribution in [0.5, 0.6) is 5.75 Å². The summed E-state index contributed by atoms with van der Waals surface area (Å²) in [5.41, 5.74) is 2.93. The molecule has 2 atom stereocenters. The number of benzene rings is 2. The van der Waals surface area contributed by atoms with Crippen LogP contribution in [-0.4, -0.2) is 30.1 Å². The summed E-state index contributed by atoms with van der Waals surface area (Å²) < 4.78 is 6.20. The first-order valence-corrected chi connectivity index (χ1v) is 8.40. The molecule has 2 aliphatic heterocycles. The zero-order valence-corrected chi connectivity index (χ0v) is 12.7. The number of fused-ring (bicyclic) bond motifs is 4. The summed E-state index contributed by atoms with van der Waals surface area (Å²) in [6.45, 7) is 1.98. The van der Waals surface area contributed by atoms with Gasteiger partial charge in [-0.3, -0.25) is 4.90 Å². The molecule has 1 saturated carbocycles. The van der Waals surface area contributed by atoms with Crippen LogP contribution >= 0.6 is 0 Å². The van der Waals surface area contributed by atoms with Crippen LogP contribution in [0.2, 0.25) is 0 Å². The van der Waals surface area contributed by atoms with Crippen molar-refractivity contribution in [1.29, 1.82) is 0 Å². The third kappa shape index (κ3) is 1.77. The van der Waals surface area contributed by atoms with Gasteiger partial charge in [-0.25, -0.2) is 0 Å². The summed E-state index contributed by atoms with van der Waals surface area (Å²) in [4.78, 5) is 2.73. The Morgan fingerprint density at radius 3 is 2.50 bits per heavy atom. The van der Waals surface area contributed by atoms with E-state index in [1.807, 2.05) is 0 Å². The summed E-state index contributed by atoms with van der Waals surface area (Å²) >= 11 is 0. The van der Waals surface area contributed by atoms with E-state index in [1.54, 1.807) is 0 Å². The minimum atomic E-state index is 0.0988. The molecule has 2 bridgehead atoms. The second kappa shape index (κ2) is 4.60. The first-order valence-electron chi connectivity index (χ1n) is 8.40. The lowest BCUT2D eigenvalue weighted by Crippen LogP contribution is -2.38. The quantitative estimate of drug-likeness (QED) is 0.838. The zero-order chi connectivity index (χ0) is 14.6. The van der Waals surface area contributed by atoms with E-state index in [1.165, 1.54) is 30.4 Å². The van der Waals surface area contributed by atoms with Crippen molar-refractivity contribution in [1.82, 2.24) is 4.90 Å². The van der Waals surface area contributed by atoms with E-state index in [0.717, 1.165) is 24.9 Å². The van der Waals surface area contributed by atoms with Crippen LogP contribution in [0.15, 0.2) is 54.6 Å². The van der Waals surface area contributed by atoms with Crippen molar-refractivity contribution in [3.05, 3.63) is 65.7 Å². The van der Waals surface area contributed by atoms with Gasteiger partial charge in [-0.05, 0) is 30.9 Å². The Kier molecular flexibility index (Phi) is 2.66. The molecule has 2 heteroatoms. The second-order valence-corrected chi connectivity index (χ2v) is 7.02. The fourth-order valence-corrected chi connectivity index (χ4v) is 4.50. The minimum absolute atomic E-state index is 0.0988. The number of hydrogen-bond donors (Lipinski definition) is 0. The van der Waals surface area contributed by atoms with Gasteiger partial charge in [0.15, 0.2) is 0 Å². The van der Waals surface area contributed by atoms with Crippen molar-refractivity contribution in [3.63, 3.8) is 0 Å². The lowest BCUT2D eigenvalue weighted by Gasteiger charge is -2.33. The standard InChI is InChI=1S/C20H21NO/c1-2-6-15(7-3-1)20-12-17(21(14-20)16-10-11-16)13-22-19-9-5-4-8-18(19)20/h1-9,16-17H,10-14H2. The Morgan fingerprint density at radius 2 is 1.68 bits per heavy atom. The van der Waals surface area contributed by atoms with E-state index in [4.69, 9.17) is 4.74 Å². The fourth-order valence-electron chi connectivity index (χ4n) is 4.50. The smallest absolute Gasteiger partial charge is 0.123 e. The lowest BCUT2D eigenvalue weighted by molar-refractivity contribution is 0.161. The summed E-state index contributed by atoms with van der Waals surface area (Å²) in [5.74, 6) is 1.09. The number of hydrogen-bond acceptors (Lipinski definition) is 2. The molecule has 3 aliphatic rings. The molecule has 2 unspecified atom stereocenters. The van der Waals surface area contributed by atoms with Gasteiger partial charge in [0.05, 0.1) is 0 Å². The molecule has 1 aliphatic carbocycles. The van der Waals surface area contributed by atoms with E-state index in [0.29, 0.717) is 6.04 Å². The van der Waals surface area contributed by atoms with Crippen molar-refractivity contribution >= 4 is 0 Å². The monoisotopic (exact) mass is 291 g/mol. The molecule has 0 amide bonds. The van der Waals surface area contributed by atoms with E-state index >= 15 is 0 Å². The lowest BCUT2D eigenvalue weighted by atomic mass is 9.73. The largest absolute Gasteiger partial charge is 0.492 e. The van der Waals surface area contributed by atoms with E-state index < -0.39 is 0 Å². The molecule has 2 aromatic rings. The predicted molar refractivity (Wildman–Crippen MR) is 87.3 cm³/mol. The summed E-state index contributed by atoms with van der Waals surface area (Å²) in [6, 6.07) is 21.1. The highest BCUT2D eigenvalue weighted by Gasteiger charge is 2.52. The Hall–Kier alpha value is -1.80. The van der Waals surface area contributed by atoms with Crippen molar-refractivity contribution in [3.8, 4) is 5.75 Å². The van der Waals surface area contributed by atoms with Crippen molar-refractivity contribution in [2.75, 3.05) is 13.2 Å². The average Bonchev–Trinajstić information content (AvgIpc) is 3.36. The molecular weight excluding hydrogens is 270 g/mol. The molecule has 0 radical (unpaired) electrons. The van der Waals surface area contributed by atoms with E-state index in [9.17, 15) is 0 Å². The van der Waals surface area contributed by atoms with Crippen molar-refractivity contribution in [2.45, 2.75) is 36.8 Å². The number of ether oxygens (including phenoxy) is 1. The third-order valence-electron chi connectivity index (χ3n) is 5.68. The molecule has 2 aromatic carbocycles. The second-order valence-electron chi connectivity index (χ2n) is 7.02. The van der Waals surface area contributed by atoms with Crippen LogP contribution in [0.25, 0.3) is 0 Å². The van der Waals surface area contributed by atoms with Crippen molar-refractivity contribution < 1.29 is 4.74 Å². The van der Waals surface area contributed by atoms with Crippen LogP contribution in [0.1, 0.15) is 30.4 Å². The van der Waals surface area contributed by atoms with Gasteiger partial charge in [-0.2, -0.15) is 0 Å². The highest BCUT2D eigenvalue weighted by atomic mass is 16.5. The van der Waals surface area contributed by atoms with Crippen LogP contribution in [0.3, 0.4) is 0 Å². The SMILES string of the molecule is c1ccc(C23CC(COc4ccccc42)N(C2CC2)C3)cc1. The Labute approximate surface area is 131 Å². The molecule has 0 aromatic heterocycles. The minimum Gasteiger partial charge on any atom is -0.492 e. The third-order valence-corrected chi connectivity index (χ3v) is 5.68. The maximum absolute atomic E-state index is 6.20. The van der Waals surface area contributed by atoms with Gasteiger partial charge in [0, 0.05) is 29.6 Å². The van der Waals surface area contributed by atoms with Gasteiger partial charge >= 0.3 is 0 Å². The van der Waals surface area contributed by atoms with Crippen LogP contribution in [0, 0.1) is 0 Å². The maximum Gasteiger partial charge on any atom is 0.123 e. The van der Waals surface area contributed by atoms with E-state index in [2.05, 4.69) is 59.5 Å². The van der Waals surface area contributed by atoms with Gasteiger partial charge in [0.2, 0.25) is 0 Å². The maximum atomic E-state index is 6.20. The van der Waals surface area contributed by atoms with Gasteiger partial charge < -0.3 is 4.74 Å². The van der Waals surface area contributed by atoms with Crippen molar-refractivity contribution in [2.24, 2.45) is 0 Å². The fraction of sp³-hybridized carbons (Fsp3) is 0.400. The molecule has 2 nitrogen and oxygen atoms in total. The molecule has 2 fully saturated rings. The first kappa shape index (κ1) is 12.7. The number of rotatable bonds is 2. The molecular formula is C20H21NO. The molecule has 0 N–H and O–H groups in total. The predicted octanol–water partition coefficient (Wildman–Crippen LogP) is 3.60. The van der Waals surface area contributed by atoms with Gasteiger partial charge in [-0.15, -0.1) is 0 Å². The Balaban J connectivity index is 1.70. The van der Waals surface area contributed by atoms with Gasteiger partial charge in [-0.1, -0.05) is 48.5 Å². The van der Waals surface area contributed by atoms with E-state index in [-0.39, 0.29) is 5.41 Å². The molecule has 112 valence electrons.